The first-order valence-electron chi connectivity index (χ1n) is 4.66. The second kappa shape index (κ2) is 4.70. The zero-order valence-corrected chi connectivity index (χ0v) is 8.66. The van der Waals surface area contributed by atoms with Crippen LogP contribution in [0.2, 0.25) is 0 Å². The molecule has 0 aromatic heterocycles. The third-order valence-electron chi connectivity index (χ3n) is 2.25. The van der Waals surface area contributed by atoms with Crippen molar-refractivity contribution in [2.45, 2.75) is 13.3 Å². The summed E-state index contributed by atoms with van der Waals surface area (Å²) in [6, 6.07) is 5.53. The van der Waals surface area contributed by atoms with Crippen LogP contribution < -0.4 is 4.74 Å². The summed E-state index contributed by atoms with van der Waals surface area (Å²) >= 11 is 0. The fourth-order valence-corrected chi connectivity index (χ4v) is 1.33. The van der Waals surface area contributed by atoms with E-state index in [1.54, 1.807) is 13.2 Å². The number of allylic oxidation sites excluding steroid dienone is 1. The average molecular weight is 192 g/mol. The summed E-state index contributed by atoms with van der Waals surface area (Å²) in [5, 5.41) is 9.77. The first-order chi connectivity index (χ1) is 6.69. The van der Waals surface area contributed by atoms with Gasteiger partial charge < -0.3 is 9.84 Å². The lowest BCUT2D eigenvalue weighted by Crippen LogP contribution is -1.96. The third kappa shape index (κ3) is 2.28. The Kier molecular flexibility index (Phi) is 3.57. The molecule has 0 aliphatic carbocycles. The predicted molar refractivity (Wildman–Crippen MR) is 57.7 cm³/mol. The zero-order chi connectivity index (χ0) is 10.6. The Morgan fingerprint density at radius 1 is 1.57 bits per heavy atom. The van der Waals surface area contributed by atoms with Crippen LogP contribution in [-0.4, -0.2) is 12.2 Å². The van der Waals surface area contributed by atoms with E-state index in [1.165, 1.54) is 0 Å². The Labute approximate surface area is 84.8 Å². The molecule has 0 radical (unpaired) electrons. The van der Waals surface area contributed by atoms with E-state index in [4.69, 9.17) is 4.74 Å². The molecule has 1 N–H and O–H groups in total. The van der Waals surface area contributed by atoms with Gasteiger partial charge in [-0.3, -0.25) is 0 Å². The second-order valence-electron chi connectivity index (χ2n) is 3.39. The highest BCUT2D eigenvalue weighted by molar-refractivity contribution is 5.45. The quantitative estimate of drug-likeness (QED) is 0.743. The maximum absolute atomic E-state index is 9.77. The van der Waals surface area contributed by atoms with Gasteiger partial charge in [0.1, 0.15) is 0 Å². The topological polar surface area (TPSA) is 29.5 Å². The van der Waals surface area contributed by atoms with E-state index in [0.29, 0.717) is 11.7 Å². The largest absolute Gasteiger partial charge is 0.504 e. The minimum atomic E-state index is 0.240. The summed E-state index contributed by atoms with van der Waals surface area (Å²) in [7, 11) is 1.55. The molecule has 1 unspecified atom stereocenters. The van der Waals surface area contributed by atoms with Crippen LogP contribution in [0.3, 0.4) is 0 Å². The molecule has 1 aromatic carbocycles. The van der Waals surface area contributed by atoms with Crippen LogP contribution in [-0.2, 0) is 6.42 Å². The SMILES string of the molecule is C=CC(C)Cc1cccc(OC)c1O. The highest BCUT2D eigenvalue weighted by atomic mass is 16.5. The highest BCUT2D eigenvalue weighted by Crippen LogP contribution is 2.30. The minimum absolute atomic E-state index is 0.240. The average Bonchev–Trinajstić information content (AvgIpc) is 2.21. The number of rotatable bonds is 4. The molecule has 0 fully saturated rings. The number of methoxy groups -OCH3 is 1. The monoisotopic (exact) mass is 192 g/mol. The number of hydrogen-bond donors (Lipinski definition) is 1. The molecule has 76 valence electrons. The van der Waals surface area contributed by atoms with Crippen LogP contribution in [0.25, 0.3) is 0 Å². The van der Waals surface area contributed by atoms with Gasteiger partial charge in [0.05, 0.1) is 7.11 Å². The summed E-state index contributed by atoms with van der Waals surface area (Å²) in [6.07, 6.45) is 2.66. The van der Waals surface area contributed by atoms with Gasteiger partial charge in [-0.15, -0.1) is 6.58 Å². The maximum atomic E-state index is 9.77. The van der Waals surface area contributed by atoms with Gasteiger partial charge in [-0.2, -0.15) is 0 Å². The molecule has 2 nitrogen and oxygen atoms in total. The van der Waals surface area contributed by atoms with E-state index in [0.717, 1.165) is 12.0 Å². The molecule has 14 heavy (non-hydrogen) atoms. The fraction of sp³-hybridized carbons (Fsp3) is 0.333. The number of hydrogen-bond acceptors (Lipinski definition) is 2. The molecule has 0 heterocycles. The molecule has 0 saturated heterocycles. The van der Waals surface area contributed by atoms with E-state index in [1.807, 2.05) is 18.2 Å². The summed E-state index contributed by atoms with van der Waals surface area (Å²) < 4.78 is 5.03. The van der Waals surface area contributed by atoms with Crippen molar-refractivity contribution in [2.75, 3.05) is 7.11 Å². The normalized spacial score (nSPS) is 12.1. The molecule has 1 atom stereocenters. The zero-order valence-electron chi connectivity index (χ0n) is 8.66. The smallest absolute Gasteiger partial charge is 0.160 e. The van der Waals surface area contributed by atoms with Gasteiger partial charge in [-0.05, 0) is 24.0 Å². The Morgan fingerprint density at radius 3 is 2.86 bits per heavy atom. The molecule has 0 spiro atoms. The Bertz CT molecular complexity index is 318. The lowest BCUT2D eigenvalue weighted by atomic mass is 10.0. The van der Waals surface area contributed by atoms with Crippen LogP contribution >= 0.6 is 0 Å². The molecule has 2 heteroatoms. The van der Waals surface area contributed by atoms with Gasteiger partial charge in [0, 0.05) is 0 Å². The first kappa shape index (κ1) is 10.6. The number of para-hydroxylation sites is 1. The Balaban J connectivity index is 2.91. The first-order valence-corrected chi connectivity index (χ1v) is 4.66. The number of benzene rings is 1. The van der Waals surface area contributed by atoms with E-state index in [2.05, 4.69) is 13.5 Å². The summed E-state index contributed by atoms with van der Waals surface area (Å²) in [5.41, 5.74) is 0.900. The molecule has 0 bridgehead atoms. The van der Waals surface area contributed by atoms with Gasteiger partial charge in [-0.1, -0.05) is 25.1 Å². The number of ether oxygens (including phenoxy) is 1. The number of aromatic hydroxyl groups is 1. The van der Waals surface area contributed by atoms with Gasteiger partial charge >= 0.3 is 0 Å². The van der Waals surface area contributed by atoms with Crippen LogP contribution in [0.4, 0.5) is 0 Å². The van der Waals surface area contributed by atoms with Crippen molar-refractivity contribution in [1.82, 2.24) is 0 Å². The molecule has 1 rings (SSSR count). The standard InChI is InChI=1S/C12H16O2/c1-4-9(2)8-10-6-5-7-11(14-3)12(10)13/h4-7,9,13H,1,8H2,2-3H3. The van der Waals surface area contributed by atoms with Gasteiger partial charge in [0.25, 0.3) is 0 Å². The van der Waals surface area contributed by atoms with Crippen molar-refractivity contribution in [1.29, 1.82) is 0 Å². The molecule has 1 aromatic rings. The van der Waals surface area contributed by atoms with Crippen molar-refractivity contribution < 1.29 is 9.84 Å². The molecule has 0 aliphatic heterocycles. The second-order valence-corrected chi connectivity index (χ2v) is 3.39. The van der Waals surface area contributed by atoms with E-state index in [-0.39, 0.29) is 5.75 Å². The van der Waals surface area contributed by atoms with Gasteiger partial charge in [0.15, 0.2) is 11.5 Å². The summed E-state index contributed by atoms with van der Waals surface area (Å²) in [5.74, 6) is 1.12. The van der Waals surface area contributed by atoms with Crippen LogP contribution in [0.5, 0.6) is 11.5 Å². The predicted octanol–water partition coefficient (Wildman–Crippen LogP) is 2.77. The lowest BCUT2D eigenvalue weighted by Gasteiger charge is -2.10. The maximum Gasteiger partial charge on any atom is 0.160 e. The van der Waals surface area contributed by atoms with Crippen molar-refractivity contribution in [3.05, 3.63) is 36.4 Å². The highest BCUT2D eigenvalue weighted by Gasteiger charge is 2.08. The lowest BCUT2D eigenvalue weighted by molar-refractivity contribution is 0.369. The van der Waals surface area contributed by atoms with Gasteiger partial charge in [0.2, 0.25) is 0 Å². The van der Waals surface area contributed by atoms with E-state index in [9.17, 15) is 5.11 Å². The summed E-state index contributed by atoms with van der Waals surface area (Å²) in [6.45, 7) is 5.78. The minimum Gasteiger partial charge on any atom is -0.504 e. The molecular formula is C12H16O2. The van der Waals surface area contributed by atoms with Crippen molar-refractivity contribution in [2.24, 2.45) is 5.92 Å². The Hall–Kier alpha value is -1.44. The van der Waals surface area contributed by atoms with Crippen molar-refractivity contribution >= 4 is 0 Å². The Morgan fingerprint density at radius 2 is 2.29 bits per heavy atom. The summed E-state index contributed by atoms with van der Waals surface area (Å²) in [4.78, 5) is 0. The molecular weight excluding hydrogens is 176 g/mol. The van der Waals surface area contributed by atoms with Crippen molar-refractivity contribution in [3.8, 4) is 11.5 Å². The van der Waals surface area contributed by atoms with Crippen LogP contribution in [0.1, 0.15) is 12.5 Å². The van der Waals surface area contributed by atoms with Crippen molar-refractivity contribution in [3.63, 3.8) is 0 Å². The number of phenolic OH excluding ortho intramolecular Hbond substituents is 1. The van der Waals surface area contributed by atoms with E-state index < -0.39 is 0 Å². The number of phenols is 1. The third-order valence-corrected chi connectivity index (χ3v) is 2.25. The fourth-order valence-electron chi connectivity index (χ4n) is 1.33. The van der Waals surface area contributed by atoms with Crippen LogP contribution in [0, 0.1) is 5.92 Å². The van der Waals surface area contributed by atoms with Gasteiger partial charge in [-0.25, -0.2) is 0 Å². The van der Waals surface area contributed by atoms with E-state index >= 15 is 0 Å². The molecule has 0 amide bonds. The molecule has 0 aliphatic rings. The van der Waals surface area contributed by atoms with Crippen LogP contribution in [0.15, 0.2) is 30.9 Å². The molecule has 0 saturated carbocycles.